The Balaban J connectivity index is 2.22. The number of rotatable bonds is 2. The van der Waals surface area contributed by atoms with Crippen LogP contribution in [-0.4, -0.2) is 9.97 Å². The average molecular weight is 269 g/mol. The molecule has 0 unspecified atom stereocenters. The van der Waals surface area contributed by atoms with Crippen molar-refractivity contribution in [1.29, 1.82) is 0 Å². The molecule has 2 heterocycles. The van der Waals surface area contributed by atoms with E-state index in [1.165, 1.54) is 12.3 Å². The Hall–Kier alpha value is -1.49. The van der Waals surface area contributed by atoms with Gasteiger partial charge in [-0.2, -0.15) is 0 Å². The predicted molar refractivity (Wildman–Crippen MR) is 56.2 cm³/mol. The second-order valence-electron chi connectivity index (χ2n) is 2.74. The van der Waals surface area contributed by atoms with Gasteiger partial charge >= 0.3 is 0 Å². The van der Waals surface area contributed by atoms with Crippen molar-refractivity contribution in [1.82, 2.24) is 9.97 Å². The van der Waals surface area contributed by atoms with E-state index in [1.54, 1.807) is 18.2 Å². The van der Waals surface area contributed by atoms with Gasteiger partial charge < -0.3 is 4.74 Å². The second-order valence-corrected chi connectivity index (χ2v) is 3.55. The van der Waals surface area contributed by atoms with Gasteiger partial charge in [-0.1, -0.05) is 6.07 Å². The zero-order valence-electron chi connectivity index (χ0n) is 7.52. The van der Waals surface area contributed by atoms with E-state index in [2.05, 4.69) is 25.9 Å². The van der Waals surface area contributed by atoms with E-state index in [0.29, 0.717) is 16.2 Å². The first-order chi connectivity index (χ1) is 7.24. The molecule has 76 valence electrons. The molecule has 0 fully saturated rings. The van der Waals surface area contributed by atoms with Gasteiger partial charge in [0.1, 0.15) is 10.4 Å². The van der Waals surface area contributed by atoms with Crippen molar-refractivity contribution in [2.24, 2.45) is 0 Å². The van der Waals surface area contributed by atoms with Crippen LogP contribution in [0.2, 0.25) is 0 Å². The number of hydrogen-bond acceptors (Lipinski definition) is 3. The first-order valence-electron chi connectivity index (χ1n) is 4.15. The third-order valence-corrected chi connectivity index (χ3v) is 2.03. The molecule has 0 saturated carbocycles. The van der Waals surface area contributed by atoms with Crippen LogP contribution in [0.25, 0.3) is 0 Å². The lowest BCUT2D eigenvalue weighted by Gasteiger charge is -2.03. The van der Waals surface area contributed by atoms with Gasteiger partial charge in [-0.3, -0.25) is 4.98 Å². The topological polar surface area (TPSA) is 35.0 Å². The summed E-state index contributed by atoms with van der Waals surface area (Å²) >= 11 is 3.21. The second kappa shape index (κ2) is 4.35. The number of pyridine rings is 2. The molecule has 2 aromatic heterocycles. The summed E-state index contributed by atoms with van der Waals surface area (Å²) in [5.41, 5.74) is 0. The van der Waals surface area contributed by atoms with Crippen molar-refractivity contribution in [3.63, 3.8) is 0 Å². The minimum absolute atomic E-state index is 0.320. The molecule has 0 aliphatic carbocycles. The minimum atomic E-state index is -0.442. The molecule has 0 bridgehead atoms. The molecule has 0 radical (unpaired) electrons. The van der Waals surface area contributed by atoms with Crippen LogP contribution >= 0.6 is 15.9 Å². The molecule has 3 nitrogen and oxygen atoms in total. The number of halogens is 2. The number of aromatic nitrogens is 2. The maximum Gasteiger partial charge on any atom is 0.220 e. The van der Waals surface area contributed by atoms with E-state index in [1.807, 2.05) is 0 Å². The van der Waals surface area contributed by atoms with E-state index in [9.17, 15) is 4.39 Å². The zero-order valence-corrected chi connectivity index (χ0v) is 9.11. The molecule has 0 N–H and O–H groups in total. The maximum absolute atomic E-state index is 12.8. The number of hydrogen-bond donors (Lipinski definition) is 0. The molecule has 5 heteroatoms. The summed E-state index contributed by atoms with van der Waals surface area (Å²) in [6.45, 7) is 0. The smallest absolute Gasteiger partial charge is 0.220 e. The standard InChI is InChI=1S/C10H6BrFN2O/c11-9-2-1-3-10(14-9)15-8-4-7(12)5-13-6-8/h1-6H. The summed E-state index contributed by atoms with van der Waals surface area (Å²) in [7, 11) is 0. The van der Waals surface area contributed by atoms with Crippen molar-refractivity contribution in [2.45, 2.75) is 0 Å². The van der Waals surface area contributed by atoms with Gasteiger partial charge in [0.05, 0.1) is 12.4 Å². The fourth-order valence-corrected chi connectivity index (χ4v) is 1.34. The summed E-state index contributed by atoms with van der Waals surface area (Å²) in [5.74, 6) is 0.264. The van der Waals surface area contributed by atoms with Crippen molar-refractivity contribution in [2.75, 3.05) is 0 Å². The quantitative estimate of drug-likeness (QED) is 0.785. The first kappa shape index (κ1) is 10.0. The molecule has 0 spiro atoms. The lowest BCUT2D eigenvalue weighted by atomic mass is 10.4. The molecule has 0 aromatic carbocycles. The van der Waals surface area contributed by atoms with Crippen molar-refractivity contribution >= 4 is 15.9 Å². The zero-order chi connectivity index (χ0) is 10.7. The van der Waals surface area contributed by atoms with Crippen LogP contribution in [0.3, 0.4) is 0 Å². The molecular weight excluding hydrogens is 263 g/mol. The summed E-state index contributed by atoms with van der Waals surface area (Å²) in [6, 6.07) is 6.47. The van der Waals surface area contributed by atoms with Gasteiger partial charge in [0, 0.05) is 12.1 Å². The van der Waals surface area contributed by atoms with Gasteiger partial charge in [-0.05, 0) is 22.0 Å². The largest absolute Gasteiger partial charge is 0.437 e. The van der Waals surface area contributed by atoms with Crippen LogP contribution in [0, 0.1) is 5.82 Å². The van der Waals surface area contributed by atoms with Crippen LogP contribution in [0.1, 0.15) is 0 Å². The highest BCUT2D eigenvalue weighted by atomic mass is 79.9. The molecule has 2 aromatic rings. The van der Waals surface area contributed by atoms with Gasteiger partial charge in [-0.25, -0.2) is 9.37 Å². The van der Waals surface area contributed by atoms with Crippen LogP contribution < -0.4 is 4.74 Å². The van der Waals surface area contributed by atoms with E-state index in [-0.39, 0.29) is 0 Å². The molecule has 0 saturated heterocycles. The fraction of sp³-hybridized carbons (Fsp3) is 0. The van der Waals surface area contributed by atoms with Crippen LogP contribution in [0.5, 0.6) is 11.6 Å². The Kier molecular flexibility index (Phi) is 2.91. The van der Waals surface area contributed by atoms with Crippen molar-refractivity contribution < 1.29 is 9.13 Å². The van der Waals surface area contributed by atoms with Gasteiger partial charge in [0.2, 0.25) is 5.88 Å². The van der Waals surface area contributed by atoms with Gasteiger partial charge in [0.25, 0.3) is 0 Å². The van der Waals surface area contributed by atoms with E-state index in [4.69, 9.17) is 4.74 Å². The summed E-state index contributed by atoms with van der Waals surface area (Å²) in [6.07, 6.45) is 2.53. The molecular formula is C10H6BrFN2O. The summed E-state index contributed by atoms with van der Waals surface area (Å²) < 4.78 is 18.7. The number of nitrogens with zero attached hydrogens (tertiary/aromatic N) is 2. The molecule has 2 rings (SSSR count). The Morgan fingerprint density at radius 3 is 2.87 bits per heavy atom. The monoisotopic (exact) mass is 268 g/mol. The normalized spacial score (nSPS) is 10.0. The van der Waals surface area contributed by atoms with E-state index >= 15 is 0 Å². The van der Waals surface area contributed by atoms with Gasteiger partial charge in [-0.15, -0.1) is 0 Å². The molecule has 15 heavy (non-hydrogen) atoms. The van der Waals surface area contributed by atoms with Crippen LogP contribution in [-0.2, 0) is 0 Å². The fourth-order valence-electron chi connectivity index (χ4n) is 1.02. The Labute approximate surface area is 94.1 Å². The van der Waals surface area contributed by atoms with E-state index < -0.39 is 5.82 Å². The SMILES string of the molecule is Fc1cncc(Oc2cccc(Br)n2)c1. The van der Waals surface area contributed by atoms with Crippen LogP contribution in [0.4, 0.5) is 4.39 Å². The van der Waals surface area contributed by atoms with Crippen LogP contribution in [0.15, 0.2) is 41.3 Å². The number of ether oxygens (including phenoxy) is 1. The third-order valence-electron chi connectivity index (χ3n) is 1.59. The third kappa shape index (κ3) is 2.73. The Bertz CT molecular complexity index is 435. The maximum atomic E-state index is 12.8. The van der Waals surface area contributed by atoms with Crippen molar-refractivity contribution in [3.8, 4) is 11.6 Å². The highest BCUT2D eigenvalue weighted by molar-refractivity contribution is 9.10. The Morgan fingerprint density at radius 2 is 2.13 bits per heavy atom. The predicted octanol–water partition coefficient (Wildman–Crippen LogP) is 3.17. The molecule has 0 amide bonds. The van der Waals surface area contributed by atoms with E-state index in [0.717, 1.165) is 6.20 Å². The minimum Gasteiger partial charge on any atom is -0.437 e. The lowest BCUT2D eigenvalue weighted by Crippen LogP contribution is -1.89. The molecule has 0 aliphatic rings. The first-order valence-corrected chi connectivity index (χ1v) is 4.94. The molecule has 0 atom stereocenters. The summed E-state index contributed by atoms with van der Waals surface area (Å²) in [5, 5.41) is 0. The van der Waals surface area contributed by atoms with Crippen molar-refractivity contribution in [3.05, 3.63) is 47.1 Å². The van der Waals surface area contributed by atoms with Gasteiger partial charge in [0.15, 0.2) is 5.75 Å². The average Bonchev–Trinajstić information content (AvgIpc) is 2.17. The summed E-state index contributed by atoms with van der Waals surface area (Å²) in [4.78, 5) is 7.71. The lowest BCUT2D eigenvalue weighted by molar-refractivity contribution is 0.454. The highest BCUT2D eigenvalue weighted by Crippen LogP contribution is 2.20. The highest BCUT2D eigenvalue weighted by Gasteiger charge is 2.00. The Morgan fingerprint density at radius 1 is 1.27 bits per heavy atom. The molecule has 0 aliphatic heterocycles.